The Kier molecular flexibility index (Phi) is 5.17. The average Bonchev–Trinajstić information content (AvgIpc) is 2.47. The number of nitrogens with one attached hydrogen (secondary N) is 1. The highest BCUT2D eigenvalue weighted by atomic mass is 16.1. The molecule has 0 bridgehead atoms. The zero-order valence-electron chi connectivity index (χ0n) is 12.8. The molecule has 0 aliphatic carbocycles. The van der Waals surface area contributed by atoms with Crippen LogP contribution in [0.25, 0.3) is 0 Å². The number of likely N-dealkylation sites (N-methyl/N-ethyl adjacent to an activating group) is 1. The van der Waals surface area contributed by atoms with Crippen LogP contribution in [-0.2, 0) is 6.54 Å². The van der Waals surface area contributed by atoms with Crippen molar-refractivity contribution in [1.82, 2.24) is 15.1 Å². The summed E-state index contributed by atoms with van der Waals surface area (Å²) in [5, 5.41) is 7.53. The Morgan fingerprint density at radius 2 is 2.15 bits per heavy atom. The summed E-state index contributed by atoms with van der Waals surface area (Å²) < 4.78 is 1.56. The average molecular weight is 278 g/mol. The molecule has 0 saturated carbocycles. The van der Waals surface area contributed by atoms with Gasteiger partial charge < -0.3 is 10.2 Å². The second-order valence-electron chi connectivity index (χ2n) is 5.80. The molecule has 1 fully saturated rings. The van der Waals surface area contributed by atoms with Crippen molar-refractivity contribution in [3.05, 3.63) is 22.6 Å². The quantitative estimate of drug-likeness (QED) is 0.886. The molecule has 5 heteroatoms. The van der Waals surface area contributed by atoms with Crippen LogP contribution >= 0.6 is 0 Å². The first-order chi connectivity index (χ1) is 9.63. The molecule has 1 atom stereocenters. The summed E-state index contributed by atoms with van der Waals surface area (Å²) in [6.07, 6.45) is 5.21. The number of piperidine rings is 1. The first kappa shape index (κ1) is 15.0. The number of aromatic nitrogens is 2. The molecule has 1 unspecified atom stereocenters. The fourth-order valence-electron chi connectivity index (χ4n) is 2.63. The monoisotopic (exact) mass is 278 g/mol. The molecule has 112 valence electrons. The number of rotatable bonds is 5. The minimum absolute atomic E-state index is 0.00479. The largest absolute Gasteiger partial charge is 0.370 e. The van der Waals surface area contributed by atoms with E-state index in [-0.39, 0.29) is 5.56 Å². The third kappa shape index (κ3) is 3.60. The van der Waals surface area contributed by atoms with E-state index < -0.39 is 0 Å². The van der Waals surface area contributed by atoms with Gasteiger partial charge in [0.25, 0.3) is 5.56 Å². The first-order valence-electron chi connectivity index (χ1n) is 7.63. The third-order valence-corrected chi connectivity index (χ3v) is 4.30. The number of nitrogens with zero attached hydrogens (tertiary/aromatic N) is 3. The van der Waals surface area contributed by atoms with Crippen LogP contribution in [0.15, 0.2) is 17.1 Å². The van der Waals surface area contributed by atoms with Gasteiger partial charge in [0, 0.05) is 25.2 Å². The molecule has 0 aromatic carbocycles. The van der Waals surface area contributed by atoms with Crippen molar-refractivity contribution in [3.63, 3.8) is 0 Å². The zero-order chi connectivity index (χ0) is 14.5. The maximum atomic E-state index is 12.2. The van der Waals surface area contributed by atoms with Gasteiger partial charge in [-0.25, -0.2) is 4.68 Å². The molecule has 1 aliphatic rings. The van der Waals surface area contributed by atoms with Crippen LogP contribution in [0.5, 0.6) is 0 Å². The van der Waals surface area contributed by atoms with E-state index in [1.165, 1.54) is 12.8 Å². The van der Waals surface area contributed by atoms with Crippen LogP contribution in [0.2, 0.25) is 0 Å². The fraction of sp³-hybridized carbons (Fsp3) is 0.733. The van der Waals surface area contributed by atoms with Crippen molar-refractivity contribution in [2.45, 2.75) is 45.7 Å². The lowest BCUT2D eigenvalue weighted by molar-refractivity contribution is 0.424. The Morgan fingerprint density at radius 1 is 1.45 bits per heavy atom. The highest BCUT2D eigenvalue weighted by Crippen LogP contribution is 2.20. The van der Waals surface area contributed by atoms with Gasteiger partial charge in [0.15, 0.2) is 0 Å². The standard InChI is InChI=1S/C15H26N4O/c1-4-13(16-3)11-19-15(20)9-14(10-17-19)18-7-5-12(2)6-8-18/h9-10,12-13,16H,4-8,11H2,1-3H3. The summed E-state index contributed by atoms with van der Waals surface area (Å²) in [7, 11) is 1.92. The molecule has 5 nitrogen and oxygen atoms in total. The van der Waals surface area contributed by atoms with E-state index in [4.69, 9.17) is 0 Å². The zero-order valence-corrected chi connectivity index (χ0v) is 12.8. The summed E-state index contributed by atoms with van der Waals surface area (Å²) in [5.74, 6) is 0.792. The third-order valence-electron chi connectivity index (χ3n) is 4.30. The summed E-state index contributed by atoms with van der Waals surface area (Å²) in [6, 6.07) is 2.02. The van der Waals surface area contributed by atoms with Crippen molar-refractivity contribution >= 4 is 5.69 Å². The van der Waals surface area contributed by atoms with Crippen LogP contribution in [-0.4, -0.2) is 36.0 Å². The van der Waals surface area contributed by atoms with Gasteiger partial charge in [-0.1, -0.05) is 13.8 Å². The van der Waals surface area contributed by atoms with Gasteiger partial charge >= 0.3 is 0 Å². The van der Waals surface area contributed by atoms with E-state index >= 15 is 0 Å². The van der Waals surface area contributed by atoms with Crippen LogP contribution in [0.4, 0.5) is 5.69 Å². The molecule has 0 amide bonds. The van der Waals surface area contributed by atoms with E-state index in [1.807, 2.05) is 13.2 Å². The van der Waals surface area contributed by atoms with Crippen molar-refractivity contribution < 1.29 is 0 Å². The minimum atomic E-state index is -0.00479. The Labute approximate surface area is 121 Å². The van der Waals surface area contributed by atoms with Gasteiger partial charge in [-0.05, 0) is 32.2 Å². The number of hydrogen-bond acceptors (Lipinski definition) is 4. The van der Waals surface area contributed by atoms with Crippen molar-refractivity contribution in [3.8, 4) is 0 Å². The van der Waals surface area contributed by atoms with Crippen molar-refractivity contribution in [2.24, 2.45) is 5.92 Å². The molecule has 1 aromatic rings. The minimum Gasteiger partial charge on any atom is -0.370 e. The van der Waals surface area contributed by atoms with E-state index in [0.717, 1.165) is 31.1 Å². The van der Waals surface area contributed by atoms with E-state index in [0.29, 0.717) is 12.6 Å². The SMILES string of the molecule is CCC(Cn1ncc(N2CCC(C)CC2)cc1=O)NC. The van der Waals surface area contributed by atoms with Crippen molar-refractivity contribution in [2.75, 3.05) is 25.0 Å². The van der Waals surface area contributed by atoms with Crippen LogP contribution < -0.4 is 15.8 Å². The second-order valence-corrected chi connectivity index (χ2v) is 5.80. The fourth-order valence-corrected chi connectivity index (χ4v) is 2.63. The molecule has 2 rings (SSSR count). The molecule has 2 heterocycles. The molecule has 1 N–H and O–H groups in total. The van der Waals surface area contributed by atoms with Gasteiger partial charge in [-0.2, -0.15) is 5.10 Å². The van der Waals surface area contributed by atoms with E-state index in [9.17, 15) is 4.79 Å². The molecule has 1 aromatic heterocycles. The van der Waals surface area contributed by atoms with E-state index in [2.05, 4.69) is 29.2 Å². The Balaban J connectivity index is 2.07. The molecular formula is C15H26N4O. The Bertz CT molecular complexity index is 473. The Morgan fingerprint density at radius 3 is 2.70 bits per heavy atom. The highest BCUT2D eigenvalue weighted by molar-refractivity contribution is 5.43. The lowest BCUT2D eigenvalue weighted by Crippen LogP contribution is -2.37. The summed E-state index contributed by atoms with van der Waals surface area (Å²) in [6.45, 7) is 7.08. The number of hydrogen-bond donors (Lipinski definition) is 1. The summed E-state index contributed by atoms with van der Waals surface area (Å²) in [5.41, 5.74) is 0.963. The number of anilines is 1. The lowest BCUT2D eigenvalue weighted by Gasteiger charge is -2.31. The van der Waals surface area contributed by atoms with Gasteiger partial charge in [0.2, 0.25) is 0 Å². The van der Waals surface area contributed by atoms with Gasteiger partial charge in [-0.3, -0.25) is 4.79 Å². The second kappa shape index (κ2) is 6.88. The normalized spacial score (nSPS) is 18.2. The summed E-state index contributed by atoms with van der Waals surface area (Å²) >= 11 is 0. The van der Waals surface area contributed by atoms with Gasteiger partial charge in [0.05, 0.1) is 18.4 Å². The smallest absolute Gasteiger partial charge is 0.268 e. The predicted molar refractivity (Wildman–Crippen MR) is 82.2 cm³/mol. The predicted octanol–water partition coefficient (Wildman–Crippen LogP) is 1.48. The van der Waals surface area contributed by atoms with Crippen molar-refractivity contribution in [1.29, 1.82) is 0 Å². The Hall–Kier alpha value is -1.36. The molecule has 0 spiro atoms. The van der Waals surface area contributed by atoms with Crippen LogP contribution in [0, 0.1) is 5.92 Å². The first-order valence-corrected chi connectivity index (χ1v) is 7.63. The van der Waals surface area contributed by atoms with Gasteiger partial charge in [0.1, 0.15) is 0 Å². The lowest BCUT2D eigenvalue weighted by atomic mass is 9.99. The summed E-state index contributed by atoms with van der Waals surface area (Å²) in [4.78, 5) is 14.4. The van der Waals surface area contributed by atoms with Crippen LogP contribution in [0.3, 0.4) is 0 Å². The highest BCUT2D eigenvalue weighted by Gasteiger charge is 2.17. The molecule has 1 aliphatic heterocycles. The van der Waals surface area contributed by atoms with Crippen LogP contribution in [0.1, 0.15) is 33.1 Å². The molecular weight excluding hydrogens is 252 g/mol. The molecule has 0 radical (unpaired) electrons. The maximum Gasteiger partial charge on any atom is 0.268 e. The topological polar surface area (TPSA) is 50.2 Å². The molecule has 1 saturated heterocycles. The van der Waals surface area contributed by atoms with Gasteiger partial charge in [-0.15, -0.1) is 0 Å². The molecule has 20 heavy (non-hydrogen) atoms. The maximum absolute atomic E-state index is 12.2. The van der Waals surface area contributed by atoms with E-state index in [1.54, 1.807) is 10.7 Å².